The van der Waals surface area contributed by atoms with E-state index in [9.17, 15) is 13.2 Å². The van der Waals surface area contributed by atoms with Crippen LogP contribution in [0.15, 0.2) is 47.4 Å². The molecule has 0 fully saturated rings. The molecule has 1 heterocycles. The van der Waals surface area contributed by atoms with Crippen LogP contribution in [0.1, 0.15) is 12.0 Å². The SMILES string of the molecule is COCC(=O)N1CCCc2ccc(NS(=O)(=O)c3ccccc3OC)cc21. The smallest absolute Gasteiger partial charge is 0.265 e. The van der Waals surface area contributed by atoms with Crippen molar-refractivity contribution in [2.75, 3.05) is 37.0 Å². The number of hydrogen-bond acceptors (Lipinski definition) is 5. The van der Waals surface area contributed by atoms with Crippen molar-refractivity contribution in [2.24, 2.45) is 0 Å². The quantitative estimate of drug-likeness (QED) is 0.819. The third-order valence-corrected chi connectivity index (χ3v) is 5.80. The van der Waals surface area contributed by atoms with Crippen molar-refractivity contribution in [3.8, 4) is 5.75 Å². The number of rotatable bonds is 6. The molecule has 0 saturated carbocycles. The minimum Gasteiger partial charge on any atom is -0.495 e. The van der Waals surface area contributed by atoms with E-state index >= 15 is 0 Å². The Bertz CT molecular complexity index is 943. The van der Waals surface area contributed by atoms with E-state index in [0.29, 0.717) is 17.9 Å². The first-order valence-electron chi connectivity index (χ1n) is 8.54. The molecule has 0 bridgehead atoms. The van der Waals surface area contributed by atoms with E-state index in [1.807, 2.05) is 6.07 Å². The number of benzene rings is 2. The molecular formula is C19H22N2O5S. The summed E-state index contributed by atoms with van der Waals surface area (Å²) in [7, 11) is -0.938. The Kier molecular flexibility index (Phi) is 5.67. The van der Waals surface area contributed by atoms with E-state index in [0.717, 1.165) is 18.4 Å². The lowest BCUT2D eigenvalue weighted by atomic mass is 10.0. The van der Waals surface area contributed by atoms with Crippen LogP contribution in [0.5, 0.6) is 5.75 Å². The summed E-state index contributed by atoms with van der Waals surface area (Å²) in [6.45, 7) is 0.564. The minimum atomic E-state index is -3.83. The van der Waals surface area contributed by atoms with E-state index in [2.05, 4.69) is 4.72 Å². The number of fused-ring (bicyclic) bond motifs is 1. The zero-order valence-electron chi connectivity index (χ0n) is 15.3. The van der Waals surface area contributed by atoms with E-state index in [1.54, 1.807) is 35.2 Å². The number of anilines is 2. The highest BCUT2D eigenvalue weighted by atomic mass is 32.2. The fourth-order valence-electron chi connectivity index (χ4n) is 3.15. The minimum absolute atomic E-state index is 0.0173. The van der Waals surface area contributed by atoms with Gasteiger partial charge in [-0.05, 0) is 42.7 Å². The van der Waals surface area contributed by atoms with Gasteiger partial charge >= 0.3 is 0 Å². The second kappa shape index (κ2) is 7.98. The first kappa shape index (κ1) is 19.2. The van der Waals surface area contributed by atoms with Crippen LogP contribution in [0.3, 0.4) is 0 Å². The lowest BCUT2D eigenvalue weighted by molar-refractivity contribution is -0.122. The van der Waals surface area contributed by atoms with Crippen LogP contribution in [0.25, 0.3) is 0 Å². The van der Waals surface area contributed by atoms with Crippen molar-refractivity contribution in [1.29, 1.82) is 0 Å². The molecule has 0 aliphatic carbocycles. The summed E-state index contributed by atoms with van der Waals surface area (Å²) >= 11 is 0. The summed E-state index contributed by atoms with van der Waals surface area (Å²) < 4.78 is 38.2. The Balaban J connectivity index is 1.92. The number of nitrogens with one attached hydrogen (secondary N) is 1. The molecule has 1 N–H and O–H groups in total. The Morgan fingerprint density at radius 2 is 1.96 bits per heavy atom. The predicted molar refractivity (Wildman–Crippen MR) is 103 cm³/mol. The van der Waals surface area contributed by atoms with Gasteiger partial charge < -0.3 is 14.4 Å². The van der Waals surface area contributed by atoms with Crippen LogP contribution in [-0.4, -0.2) is 41.7 Å². The number of aryl methyl sites for hydroxylation is 1. The van der Waals surface area contributed by atoms with Gasteiger partial charge in [-0.1, -0.05) is 18.2 Å². The maximum Gasteiger partial charge on any atom is 0.265 e. The molecular weight excluding hydrogens is 368 g/mol. The van der Waals surface area contributed by atoms with Gasteiger partial charge in [0.15, 0.2) is 0 Å². The molecule has 2 aromatic rings. The Labute approximate surface area is 158 Å². The number of nitrogens with zero attached hydrogens (tertiary/aromatic N) is 1. The highest BCUT2D eigenvalue weighted by molar-refractivity contribution is 7.92. The molecule has 0 spiro atoms. The van der Waals surface area contributed by atoms with Gasteiger partial charge in [0.25, 0.3) is 15.9 Å². The standard InChI is InChI=1S/C19H22N2O5S/c1-25-13-19(22)21-11-5-6-14-9-10-15(12-16(14)21)20-27(23,24)18-8-4-3-7-17(18)26-2/h3-4,7-10,12,20H,5-6,11,13H2,1-2H3. The number of sulfonamides is 1. The molecule has 0 radical (unpaired) electrons. The van der Waals surface area contributed by atoms with Crippen LogP contribution in [0.2, 0.25) is 0 Å². The number of amides is 1. The summed E-state index contributed by atoms with van der Waals surface area (Å²) in [5.41, 5.74) is 2.10. The Morgan fingerprint density at radius 1 is 1.19 bits per heavy atom. The van der Waals surface area contributed by atoms with Crippen molar-refractivity contribution < 1.29 is 22.7 Å². The molecule has 0 saturated heterocycles. The lowest BCUT2D eigenvalue weighted by Crippen LogP contribution is -2.37. The molecule has 144 valence electrons. The van der Waals surface area contributed by atoms with Crippen molar-refractivity contribution in [3.63, 3.8) is 0 Å². The van der Waals surface area contributed by atoms with Crippen LogP contribution in [0, 0.1) is 0 Å². The van der Waals surface area contributed by atoms with Crippen molar-refractivity contribution >= 4 is 27.3 Å². The molecule has 27 heavy (non-hydrogen) atoms. The number of methoxy groups -OCH3 is 2. The molecule has 1 aliphatic heterocycles. The molecule has 1 aliphatic rings. The third-order valence-electron chi connectivity index (χ3n) is 4.38. The van der Waals surface area contributed by atoms with Gasteiger partial charge in [0.2, 0.25) is 0 Å². The number of ether oxygens (including phenoxy) is 2. The second-order valence-electron chi connectivity index (χ2n) is 6.18. The van der Waals surface area contributed by atoms with Gasteiger partial charge in [0, 0.05) is 19.3 Å². The van der Waals surface area contributed by atoms with Gasteiger partial charge in [-0.25, -0.2) is 8.42 Å². The first-order valence-corrected chi connectivity index (χ1v) is 10.0. The molecule has 0 atom stereocenters. The second-order valence-corrected chi connectivity index (χ2v) is 7.83. The molecule has 8 heteroatoms. The lowest BCUT2D eigenvalue weighted by Gasteiger charge is -2.30. The Hall–Kier alpha value is -2.58. The molecule has 2 aromatic carbocycles. The van der Waals surface area contributed by atoms with Crippen molar-refractivity contribution in [2.45, 2.75) is 17.7 Å². The summed E-state index contributed by atoms with van der Waals surface area (Å²) in [4.78, 5) is 14.0. The maximum atomic E-state index is 12.8. The Morgan fingerprint density at radius 3 is 2.70 bits per heavy atom. The number of carbonyl (C=O) groups excluding carboxylic acids is 1. The fraction of sp³-hybridized carbons (Fsp3) is 0.316. The highest BCUT2D eigenvalue weighted by Gasteiger charge is 2.24. The average molecular weight is 390 g/mol. The zero-order valence-corrected chi connectivity index (χ0v) is 16.1. The van der Waals surface area contributed by atoms with E-state index in [4.69, 9.17) is 9.47 Å². The van der Waals surface area contributed by atoms with Gasteiger partial charge in [-0.2, -0.15) is 0 Å². The zero-order chi connectivity index (χ0) is 19.4. The van der Waals surface area contributed by atoms with Gasteiger partial charge in [0.1, 0.15) is 17.3 Å². The number of para-hydroxylation sites is 1. The highest BCUT2D eigenvalue weighted by Crippen LogP contribution is 2.32. The topological polar surface area (TPSA) is 84.9 Å². The average Bonchev–Trinajstić information content (AvgIpc) is 2.67. The van der Waals surface area contributed by atoms with Crippen molar-refractivity contribution in [3.05, 3.63) is 48.0 Å². The molecule has 3 rings (SSSR count). The van der Waals surface area contributed by atoms with Gasteiger partial charge in [-0.15, -0.1) is 0 Å². The monoisotopic (exact) mass is 390 g/mol. The maximum absolute atomic E-state index is 12.8. The van der Waals surface area contributed by atoms with E-state index in [-0.39, 0.29) is 23.2 Å². The summed E-state index contributed by atoms with van der Waals surface area (Å²) in [6, 6.07) is 11.7. The van der Waals surface area contributed by atoms with Gasteiger partial charge in [-0.3, -0.25) is 9.52 Å². The normalized spacial score (nSPS) is 13.8. The summed E-state index contributed by atoms with van der Waals surface area (Å²) in [6.07, 6.45) is 1.69. The molecule has 0 aromatic heterocycles. The van der Waals surface area contributed by atoms with Crippen LogP contribution >= 0.6 is 0 Å². The first-order chi connectivity index (χ1) is 13.0. The fourth-order valence-corrected chi connectivity index (χ4v) is 4.37. The number of carbonyl (C=O) groups is 1. The summed E-state index contributed by atoms with van der Waals surface area (Å²) in [5.74, 6) is 0.114. The van der Waals surface area contributed by atoms with Crippen molar-refractivity contribution in [1.82, 2.24) is 0 Å². The largest absolute Gasteiger partial charge is 0.495 e. The molecule has 0 unspecified atom stereocenters. The summed E-state index contributed by atoms with van der Waals surface area (Å²) in [5, 5.41) is 0. The number of hydrogen-bond donors (Lipinski definition) is 1. The van der Waals surface area contributed by atoms with Crippen LogP contribution in [-0.2, 0) is 26.0 Å². The van der Waals surface area contributed by atoms with Crippen LogP contribution in [0.4, 0.5) is 11.4 Å². The third kappa shape index (κ3) is 4.06. The molecule has 1 amide bonds. The predicted octanol–water partition coefficient (Wildman–Crippen LogP) is 2.42. The molecule has 7 nitrogen and oxygen atoms in total. The van der Waals surface area contributed by atoms with E-state index in [1.165, 1.54) is 20.3 Å². The van der Waals surface area contributed by atoms with Crippen LogP contribution < -0.4 is 14.4 Å². The van der Waals surface area contributed by atoms with Gasteiger partial charge in [0.05, 0.1) is 12.8 Å². The van der Waals surface area contributed by atoms with E-state index < -0.39 is 10.0 Å².